The molecule has 0 aliphatic heterocycles. The van der Waals surface area contributed by atoms with E-state index in [0.29, 0.717) is 22.6 Å². The van der Waals surface area contributed by atoms with Gasteiger partial charge in [0.2, 0.25) is 15.9 Å². The van der Waals surface area contributed by atoms with E-state index in [4.69, 9.17) is 4.74 Å². The summed E-state index contributed by atoms with van der Waals surface area (Å²) in [4.78, 5) is 25.3. The van der Waals surface area contributed by atoms with Gasteiger partial charge < -0.3 is 15.4 Å². The van der Waals surface area contributed by atoms with E-state index in [1.807, 2.05) is 13.8 Å². The monoisotopic (exact) mass is 461 g/mol. The van der Waals surface area contributed by atoms with Crippen LogP contribution < -0.4 is 15.4 Å². The number of hydrogen-bond donors (Lipinski definition) is 2. The topological polar surface area (TPSA) is 105 Å². The molecule has 0 saturated heterocycles. The Kier molecular flexibility index (Phi) is 8.80. The highest BCUT2D eigenvalue weighted by Crippen LogP contribution is 2.25. The smallest absolute Gasteiger partial charge is 0.253 e. The summed E-state index contributed by atoms with van der Waals surface area (Å²) in [5.41, 5.74) is 1.42. The van der Waals surface area contributed by atoms with E-state index in [1.165, 1.54) is 33.3 Å². The van der Waals surface area contributed by atoms with Crippen molar-refractivity contribution in [1.82, 2.24) is 9.62 Å². The number of hydrogen-bond acceptors (Lipinski definition) is 5. The van der Waals surface area contributed by atoms with Gasteiger partial charge in [0.25, 0.3) is 5.91 Å². The largest absolute Gasteiger partial charge is 0.496 e. The van der Waals surface area contributed by atoms with Crippen LogP contribution in [0.4, 0.5) is 5.69 Å². The second-order valence-corrected chi connectivity index (χ2v) is 9.79. The number of benzene rings is 2. The van der Waals surface area contributed by atoms with Crippen LogP contribution in [0.3, 0.4) is 0 Å². The third kappa shape index (κ3) is 6.30. The maximum atomic E-state index is 12.6. The number of aryl methyl sites for hydroxylation is 1. The van der Waals surface area contributed by atoms with Crippen LogP contribution in [0.15, 0.2) is 47.4 Å². The van der Waals surface area contributed by atoms with Crippen molar-refractivity contribution in [3.05, 3.63) is 53.6 Å². The summed E-state index contributed by atoms with van der Waals surface area (Å²) < 4.78 is 31.3. The molecule has 0 unspecified atom stereocenters. The van der Waals surface area contributed by atoms with Crippen molar-refractivity contribution >= 4 is 27.5 Å². The van der Waals surface area contributed by atoms with Crippen LogP contribution in [-0.4, -0.2) is 51.8 Å². The highest BCUT2D eigenvalue weighted by Gasteiger charge is 2.20. The second-order valence-electron chi connectivity index (χ2n) is 7.64. The Morgan fingerprint density at radius 2 is 1.81 bits per heavy atom. The lowest BCUT2D eigenvalue weighted by molar-refractivity contribution is -0.116. The van der Waals surface area contributed by atoms with E-state index < -0.39 is 10.0 Å². The van der Waals surface area contributed by atoms with Crippen molar-refractivity contribution in [2.75, 3.05) is 26.5 Å². The summed E-state index contributed by atoms with van der Waals surface area (Å²) >= 11 is 0. The van der Waals surface area contributed by atoms with E-state index in [0.717, 1.165) is 10.7 Å². The molecular formula is C23H31N3O5S. The lowest BCUT2D eigenvalue weighted by Gasteiger charge is -2.16. The quantitative estimate of drug-likeness (QED) is 0.566. The summed E-state index contributed by atoms with van der Waals surface area (Å²) in [6, 6.07) is 11.4. The van der Waals surface area contributed by atoms with Crippen LogP contribution in [0.5, 0.6) is 5.75 Å². The number of nitrogens with zero attached hydrogens (tertiary/aromatic N) is 1. The van der Waals surface area contributed by atoms with Crippen LogP contribution >= 0.6 is 0 Å². The summed E-state index contributed by atoms with van der Waals surface area (Å²) in [7, 11) is 0.805. The fourth-order valence-electron chi connectivity index (χ4n) is 2.98. The van der Waals surface area contributed by atoms with Crippen LogP contribution in [-0.2, 0) is 21.2 Å². The van der Waals surface area contributed by atoms with Gasteiger partial charge in [0.05, 0.1) is 23.3 Å². The number of anilines is 1. The maximum absolute atomic E-state index is 12.6. The fourth-order valence-corrected chi connectivity index (χ4v) is 3.93. The maximum Gasteiger partial charge on any atom is 0.253 e. The first kappa shape index (κ1) is 25.4. The standard InChI is InChI=1S/C23H31N3O5S/c1-6-16(2)24-23(28)19-9-7-8-10-20(19)25-22(27)14-11-17-15-18(12-13-21(17)31-5)32(29,30)26(3)4/h7-10,12-13,15-16H,6,11,14H2,1-5H3,(H,24,28)(H,25,27)/t16-/m1/s1. The Morgan fingerprint density at radius 1 is 1.12 bits per heavy atom. The van der Waals surface area contributed by atoms with Gasteiger partial charge in [-0.1, -0.05) is 19.1 Å². The number of ether oxygens (including phenoxy) is 1. The number of para-hydroxylation sites is 1. The minimum absolute atomic E-state index is 0.0180. The summed E-state index contributed by atoms with van der Waals surface area (Å²) in [5, 5.41) is 5.68. The molecule has 9 heteroatoms. The zero-order valence-corrected chi connectivity index (χ0v) is 20.0. The average Bonchev–Trinajstić information content (AvgIpc) is 2.77. The molecule has 8 nitrogen and oxygen atoms in total. The highest BCUT2D eigenvalue weighted by atomic mass is 32.2. The molecule has 0 bridgehead atoms. The van der Waals surface area contributed by atoms with E-state index in [1.54, 1.807) is 30.3 Å². The van der Waals surface area contributed by atoms with Crippen LogP contribution in [0.2, 0.25) is 0 Å². The number of amides is 2. The lowest BCUT2D eigenvalue weighted by atomic mass is 10.1. The summed E-state index contributed by atoms with van der Waals surface area (Å²) in [6.07, 6.45) is 1.15. The molecule has 0 aliphatic rings. The van der Waals surface area contributed by atoms with Crippen molar-refractivity contribution in [3.63, 3.8) is 0 Å². The third-order valence-corrected chi connectivity index (χ3v) is 6.90. The highest BCUT2D eigenvalue weighted by molar-refractivity contribution is 7.89. The molecule has 0 radical (unpaired) electrons. The number of sulfonamides is 1. The summed E-state index contributed by atoms with van der Waals surface area (Å²) in [5.74, 6) is -0.0425. The number of carbonyl (C=O) groups excluding carboxylic acids is 2. The molecule has 2 amide bonds. The van der Waals surface area contributed by atoms with Gasteiger partial charge in [-0.2, -0.15) is 0 Å². The van der Waals surface area contributed by atoms with Crippen molar-refractivity contribution < 1.29 is 22.7 Å². The van der Waals surface area contributed by atoms with E-state index in [2.05, 4.69) is 10.6 Å². The minimum Gasteiger partial charge on any atom is -0.496 e. The van der Waals surface area contributed by atoms with Crippen molar-refractivity contribution in [1.29, 1.82) is 0 Å². The van der Waals surface area contributed by atoms with Gasteiger partial charge >= 0.3 is 0 Å². The first-order chi connectivity index (χ1) is 15.1. The third-order valence-electron chi connectivity index (χ3n) is 5.09. The van der Waals surface area contributed by atoms with Crippen LogP contribution in [0.25, 0.3) is 0 Å². The first-order valence-corrected chi connectivity index (χ1v) is 11.8. The molecule has 32 heavy (non-hydrogen) atoms. The summed E-state index contributed by atoms with van der Waals surface area (Å²) in [6.45, 7) is 3.89. The predicted octanol–water partition coefficient (Wildman–Crippen LogP) is 3.05. The van der Waals surface area contributed by atoms with Gasteiger partial charge in [-0.25, -0.2) is 12.7 Å². The molecule has 174 valence electrons. The molecule has 2 rings (SSSR count). The van der Waals surface area contributed by atoms with Gasteiger partial charge in [0.15, 0.2) is 0 Å². The SMILES string of the molecule is CC[C@@H](C)NC(=O)c1ccccc1NC(=O)CCc1cc(S(=O)(=O)N(C)C)ccc1OC. The van der Waals surface area contributed by atoms with Gasteiger partial charge in [-0.05, 0) is 55.7 Å². The normalized spacial score (nSPS) is 12.3. The molecule has 0 spiro atoms. The average molecular weight is 462 g/mol. The van der Waals surface area contributed by atoms with Gasteiger partial charge in [-0.3, -0.25) is 9.59 Å². The molecule has 2 N–H and O–H groups in total. The van der Waals surface area contributed by atoms with E-state index in [9.17, 15) is 18.0 Å². The number of nitrogens with one attached hydrogen (secondary N) is 2. The molecule has 1 atom stereocenters. The van der Waals surface area contributed by atoms with Crippen molar-refractivity contribution in [2.24, 2.45) is 0 Å². The Bertz CT molecular complexity index is 1070. The lowest BCUT2D eigenvalue weighted by Crippen LogP contribution is -2.32. The Labute approximate surface area is 190 Å². The van der Waals surface area contributed by atoms with E-state index >= 15 is 0 Å². The predicted molar refractivity (Wildman–Crippen MR) is 124 cm³/mol. The van der Waals surface area contributed by atoms with Crippen molar-refractivity contribution in [3.8, 4) is 5.75 Å². The number of methoxy groups -OCH3 is 1. The molecule has 2 aromatic carbocycles. The molecule has 2 aromatic rings. The molecule has 0 aromatic heterocycles. The van der Waals surface area contributed by atoms with Crippen LogP contribution in [0.1, 0.15) is 42.6 Å². The first-order valence-electron chi connectivity index (χ1n) is 10.4. The Morgan fingerprint density at radius 3 is 2.44 bits per heavy atom. The number of carbonyl (C=O) groups is 2. The zero-order chi connectivity index (χ0) is 23.9. The number of rotatable bonds is 10. The molecule has 0 fully saturated rings. The van der Waals surface area contributed by atoms with Gasteiger partial charge in [0, 0.05) is 26.6 Å². The molecule has 0 heterocycles. The van der Waals surface area contributed by atoms with Crippen LogP contribution in [0, 0.1) is 0 Å². The van der Waals surface area contributed by atoms with Crippen molar-refractivity contribution in [2.45, 2.75) is 44.0 Å². The minimum atomic E-state index is -3.61. The molecule has 0 aliphatic carbocycles. The molecule has 0 saturated carbocycles. The van der Waals surface area contributed by atoms with E-state index in [-0.39, 0.29) is 35.6 Å². The Hall–Kier alpha value is -2.91. The zero-order valence-electron chi connectivity index (χ0n) is 19.1. The fraction of sp³-hybridized carbons (Fsp3) is 0.391. The van der Waals surface area contributed by atoms with Gasteiger partial charge in [0.1, 0.15) is 5.75 Å². The van der Waals surface area contributed by atoms with Gasteiger partial charge in [-0.15, -0.1) is 0 Å². The Balaban J connectivity index is 2.15. The molecular weight excluding hydrogens is 430 g/mol. The second kappa shape index (κ2) is 11.1.